The minimum atomic E-state index is -4.16. The molecule has 160 valence electrons. The highest BCUT2D eigenvalue weighted by atomic mass is 32.2. The third-order valence-corrected chi connectivity index (χ3v) is 6.51. The van der Waals surface area contributed by atoms with Gasteiger partial charge in [0.15, 0.2) is 0 Å². The molecule has 1 aliphatic carbocycles. The Morgan fingerprint density at radius 3 is 2.19 bits per heavy atom. The van der Waals surface area contributed by atoms with Crippen molar-refractivity contribution in [3.8, 4) is 5.75 Å². The van der Waals surface area contributed by atoms with Gasteiger partial charge in [-0.15, -0.1) is 0 Å². The van der Waals surface area contributed by atoms with Crippen molar-refractivity contribution < 1.29 is 27.0 Å². The Hall–Kier alpha value is -3.46. The number of allylic oxidation sites excluding steroid dienone is 2. The van der Waals surface area contributed by atoms with E-state index in [-0.39, 0.29) is 45.9 Å². The van der Waals surface area contributed by atoms with Crippen molar-refractivity contribution in [1.29, 1.82) is 0 Å². The zero-order chi connectivity index (χ0) is 22.2. The van der Waals surface area contributed by atoms with Crippen molar-refractivity contribution >= 4 is 39.2 Å². The average molecular weight is 440 g/mol. The molecular formula is C22H20N2O6S. The van der Waals surface area contributed by atoms with Crippen LogP contribution in [0.2, 0.25) is 0 Å². The number of imide groups is 1. The predicted molar refractivity (Wildman–Crippen MR) is 113 cm³/mol. The van der Waals surface area contributed by atoms with Gasteiger partial charge >= 0.3 is 10.1 Å². The summed E-state index contributed by atoms with van der Waals surface area (Å²) in [5.41, 5.74) is 0.730. The molecule has 0 aromatic heterocycles. The van der Waals surface area contributed by atoms with Gasteiger partial charge in [0.1, 0.15) is 10.6 Å². The fraction of sp³-hybridized carbons (Fsp3) is 0.227. The van der Waals surface area contributed by atoms with Gasteiger partial charge in [-0.25, -0.2) is 4.90 Å². The SMILES string of the molecule is CC(=O)Nc1ccc(S(=O)(=O)Oc2cccc(N3C(=O)[C@H]4CC=CC[C@H]4C3=O)c2)cc1. The molecule has 8 nitrogen and oxygen atoms in total. The summed E-state index contributed by atoms with van der Waals surface area (Å²) < 4.78 is 30.5. The first-order valence-electron chi connectivity index (χ1n) is 9.71. The predicted octanol–water partition coefficient (Wildman–Crippen LogP) is 2.87. The van der Waals surface area contributed by atoms with Crippen LogP contribution in [0.1, 0.15) is 19.8 Å². The summed E-state index contributed by atoms with van der Waals surface area (Å²) >= 11 is 0. The lowest BCUT2D eigenvalue weighted by molar-refractivity contribution is -0.122. The quantitative estimate of drug-likeness (QED) is 0.435. The van der Waals surface area contributed by atoms with E-state index in [9.17, 15) is 22.8 Å². The lowest BCUT2D eigenvalue weighted by atomic mass is 9.85. The summed E-state index contributed by atoms with van der Waals surface area (Å²) in [5, 5.41) is 2.55. The Morgan fingerprint density at radius 2 is 1.61 bits per heavy atom. The normalized spacial score (nSPS) is 20.5. The average Bonchev–Trinajstić information content (AvgIpc) is 2.98. The Kier molecular flexibility index (Phi) is 5.36. The van der Waals surface area contributed by atoms with Crippen LogP contribution >= 0.6 is 0 Å². The molecular weight excluding hydrogens is 420 g/mol. The molecule has 1 aliphatic heterocycles. The first kappa shape index (κ1) is 20.8. The molecule has 2 aromatic carbocycles. The van der Waals surface area contributed by atoms with Crippen LogP contribution in [-0.4, -0.2) is 26.1 Å². The molecule has 0 bridgehead atoms. The molecule has 1 saturated heterocycles. The van der Waals surface area contributed by atoms with Crippen LogP contribution < -0.4 is 14.4 Å². The van der Waals surface area contributed by atoms with Crippen molar-refractivity contribution in [2.24, 2.45) is 11.8 Å². The number of hydrogen-bond donors (Lipinski definition) is 1. The summed E-state index contributed by atoms with van der Waals surface area (Å²) in [5.74, 6) is -1.62. The van der Waals surface area contributed by atoms with Gasteiger partial charge in [0.2, 0.25) is 17.7 Å². The first-order valence-corrected chi connectivity index (χ1v) is 11.1. The molecule has 0 unspecified atom stereocenters. The number of carbonyl (C=O) groups is 3. The van der Waals surface area contributed by atoms with Gasteiger partial charge in [0.05, 0.1) is 17.5 Å². The summed E-state index contributed by atoms with van der Waals surface area (Å²) in [6, 6.07) is 11.4. The molecule has 2 atom stereocenters. The Labute approximate surface area is 179 Å². The number of hydrogen-bond acceptors (Lipinski definition) is 6. The molecule has 0 spiro atoms. The van der Waals surface area contributed by atoms with Crippen LogP contribution in [0.15, 0.2) is 65.6 Å². The molecule has 1 fully saturated rings. The van der Waals surface area contributed by atoms with Crippen LogP contribution in [0.5, 0.6) is 5.75 Å². The third kappa shape index (κ3) is 4.09. The minimum absolute atomic E-state index is 0.0166. The van der Waals surface area contributed by atoms with Crippen molar-refractivity contribution in [3.05, 3.63) is 60.7 Å². The maximum absolute atomic E-state index is 12.8. The van der Waals surface area contributed by atoms with Gasteiger partial charge in [-0.1, -0.05) is 18.2 Å². The van der Waals surface area contributed by atoms with E-state index in [4.69, 9.17) is 4.18 Å². The lowest BCUT2D eigenvalue weighted by Crippen LogP contribution is -2.30. The number of nitrogens with one attached hydrogen (secondary N) is 1. The topological polar surface area (TPSA) is 110 Å². The largest absolute Gasteiger partial charge is 0.379 e. The fourth-order valence-corrected chi connectivity index (χ4v) is 4.73. The highest BCUT2D eigenvalue weighted by Crippen LogP contribution is 2.38. The van der Waals surface area contributed by atoms with E-state index in [0.29, 0.717) is 18.5 Å². The van der Waals surface area contributed by atoms with Crippen molar-refractivity contribution in [2.45, 2.75) is 24.7 Å². The van der Waals surface area contributed by atoms with E-state index < -0.39 is 10.1 Å². The number of benzene rings is 2. The van der Waals surface area contributed by atoms with E-state index in [1.165, 1.54) is 49.4 Å². The van der Waals surface area contributed by atoms with Gasteiger partial charge in [0.25, 0.3) is 0 Å². The van der Waals surface area contributed by atoms with E-state index in [1.807, 2.05) is 12.2 Å². The Balaban J connectivity index is 1.55. The molecule has 0 radical (unpaired) electrons. The van der Waals surface area contributed by atoms with Gasteiger partial charge < -0.3 is 9.50 Å². The summed E-state index contributed by atoms with van der Waals surface area (Å²) in [6.45, 7) is 1.35. The molecule has 0 saturated carbocycles. The fourth-order valence-electron chi connectivity index (χ4n) is 3.81. The summed E-state index contributed by atoms with van der Waals surface area (Å²) in [7, 11) is -4.16. The van der Waals surface area contributed by atoms with Crippen LogP contribution in [-0.2, 0) is 24.5 Å². The smallest absolute Gasteiger partial charge is 0.339 e. The highest BCUT2D eigenvalue weighted by Gasteiger charge is 2.47. The van der Waals surface area contributed by atoms with Crippen LogP contribution in [0.4, 0.5) is 11.4 Å². The van der Waals surface area contributed by atoms with Crippen LogP contribution in [0.25, 0.3) is 0 Å². The van der Waals surface area contributed by atoms with E-state index in [0.717, 1.165) is 4.90 Å². The van der Waals surface area contributed by atoms with Crippen molar-refractivity contribution in [2.75, 3.05) is 10.2 Å². The van der Waals surface area contributed by atoms with Gasteiger partial charge in [-0.2, -0.15) is 8.42 Å². The van der Waals surface area contributed by atoms with E-state index in [2.05, 4.69) is 5.32 Å². The number of anilines is 2. The van der Waals surface area contributed by atoms with E-state index in [1.54, 1.807) is 6.07 Å². The lowest BCUT2D eigenvalue weighted by Gasteiger charge is -2.16. The molecule has 2 aliphatic rings. The first-order chi connectivity index (χ1) is 14.8. The van der Waals surface area contributed by atoms with Crippen molar-refractivity contribution in [3.63, 3.8) is 0 Å². The van der Waals surface area contributed by atoms with Gasteiger partial charge in [-0.05, 0) is 49.2 Å². The maximum atomic E-state index is 12.8. The number of amides is 3. The molecule has 4 rings (SSSR count). The second-order valence-electron chi connectivity index (χ2n) is 7.41. The van der Waals surface area contributed by atoms with Crippen molar-refractivity contribution in [1.82, 2.24) is 0 Å². The van der Waals surface area contributed by atoms with Gasteiger partial charge in [0, 0.05) is 18.7 Å². The molecule has 9 heteroatoms. The van der Waals surface area contributed by atoms with Gasteiger partial charge in [-0.3, -0.25) is 14.4 Å². The Morgan fingerprint density at radius 1 is 1.00 bits per heavy atom. The molecule has 2 aromatic rings. The monoisotopic (exact) mass is 440 g/mol. The third-order valence-electron chi connectivity index (χ3n) is 5.25. The van der Waals surface area contributed by atoms with Crippen LogP contribution in [0, 0.1) is 11.8 Å². The molecule has 1 N–H and O–H groups in total. The standard InChI is InChI=1S/C22H20N2O6S/c1-14(25)23-15-9-11-18(12-10-15)31(28,29)30-17-6-4-5-16(13-17)24-21(26)19-7-2-3-8-20(19)22(24)27/h2-6,9-13,19-20H,7-8H2,1H3,(H,23,25)/t19-,20+. The summed E-state index contributed by atoms with van der Waals surface area (Å²) in [6.07, 6.45) is 4.84. The number of nitrogens with zero attached hydrogens (tertiary/aromatic N) is 1. The zero-order valence-electron chi connectivity index (χ0n) is 16.6. The minimum Gasteiger partial charge on any atom is -0.379 e. The second kappa shape index (κ2) is 7.99. The zero-order valence-corrected chi connectivity index (χ0v) is 17.5. The van der Waals surface area contributed by atoms with Crippen LogP contribution in [0.3, 0.4) is 0 Å². The van der Waals surface area contributed by atoms with E-state index >= 15 is 0 Å². The number of carbonyl (C=O) groups excluding carboxylic acids is 3. The highest BCUT2D eigenvalue weighted by molar-refractivity contribution is 7.87. The number of rotatable bonds is 5. The second-order valence-corrected chi connectivity index (χ2v) is 8.95. The summed E-state index contributed by atoms with van der Waals surface area (Å²) in [4.78, 5) is 37.6. The maximum Gasteiger partial charge on any atom is 0.339 e. The Bertz CT molecular complexity index is 1160. The molecule has 3 amide bonds. The number of fused-ring (bicyclic) bond motifs is 1. The molecule has 31 heavy (non-hydrogen) atoms. The molecule has 1 heterocycles.